The van der Waals surface area contributed by atoms with Gasteiger partial charge in [-0.1, -0.05) is 51.1 Å². The van der Waals surface area contributed by atoms with E-state index >= 15 is 0 Å². The van der Waals surface area contributed by atoms with Gasteiger partial charge in [0.1, 0.15) is 0 Å². The third-order valence-corrected chi connectivity index (χ3v) is 3.32. The Morgan fingerprint density at radius 1 is 0.895 bits per heavy atom. The quantitative estimate of drug-likeness (QED) is 0.660. The standard InChI is InChI=1S/C16H17N3/c1-16(2,3)13-9-7-12(8-10-13)15-18-17-14-6-4-5-11-19(14)15/h4-11H,1-3H3. The molecular weight excluding hydrogens is 234 g/mol. The molecule has 96 valence electrons. The van der Waals surface area contributed by atoms with Crippen molar-refractivity contribution in [2.75, 3.05) is 0 Å². The van der Waals surface area contributed by atoms with Gasteiger partial charge in [0, 0.05) is 11.8 Å². The summed E-state index contributed by atoms with van der Waals surface area (Å²) in [5, 5.41) is 8.45. The van der Waals surface area contributed by atoms with Gasteiger partial charge < -0.3 is 0 Å². The van der Waals surface area contributed by atoms with E-state index in [1.807, 2.05) is 28.8 Å². The molecule has 1 aromatic carbocycles. The van der Waals surface area contributed by atoms with Crippen LogP contribution in [0.1, 0.15) is 26.3 Å². The Hall–Kier alpha value is -2.16. The minimum Gasteiger partial charge on any atom is -0.282 e. The molecular formula is C16H17N3. The zero-order valence-corrected chi connectivity index (χ0v) is 11.5. The second-order valence-electron chi connectivity index (χ2n) is 5.78. The second-order valence-corrected chi connectivity index (χ2v) is 5.78. The first-order valence-corrected chi connectivity index (χ1v) is 6.46. The van der Waals surface area contributed by atoms with E-state index in [-0.39, 0.29) is 5.41 Å². The lowest BCUT2D eigenvalue weighted by atomic mass is 9.87. The van der Waals surface area contributed by atoms with Crippen LogP contribution in [0.5, 0.6) is 0 Å². The molecule has 2 aromatic heterocycles. The van der Waals surface area contributed by atoms with Crippen LogP contribution in [0, 0.1) is 0 Å². The number of hydrogen-bond acceptors (Lipinski definition) is 2. The summed E-state index contributed by atoms with van der Waals surface area (Å²) in [7, 11) is 0. The molecule has 0 saturated heterocycles. The zero-order chi connectivity index (χ0) is 13.5. The van der Waals surface area contributed by atoms with Gasteiger partial charge in [0.15, 0.2) is 11.5 Å². The van der Waals surface area contributed by atoms with E-state index in [0.29, 0.717) is 0 Å². The predicted octanol–water partition coefficient (Wildman–Crippen LogP) is 3.69. The second kappa shape index (κ2) is 4.19. The van der Waals surface area contributed by atoms with Gasteiger partial charge in [-0.25, -0.2) is 0 Å². The van der Waals surface area contributed by atoms with Crippen molar-refractivity contribution in [3.8, 4) is 11.4 Å². The number of benzene rings is 1. The maximum atomic E-state index is 4.27. The van der Waals surface area contributed by atoms with Gasteiger partial charge >= 0.3 is 0 Å². The summed E-state index contributed by atoms with van der Waals surface area (Å²) in [6.45, 7) is 6.65. The number of hydrogen-bond donors (Lipinski definition) is 0. The number of nitrogens with zero attached hydrogens (tertiary/aromatic N) is 3. The van der Waals surface area contributed by atoms with Crippen LogP contribution >= 0.6 is 0 Å². The van der Waals surface area contributed by atoms with Crippen molar-refractivity contribution in [2.45, 2.75) is 26.2 Å². The largest absolute Gasteiger partial charge is 0.282 e. The van der Waals surface area contributed by atoms with Crippen LogP contribution in [-0.4, -0.2) is 14.6 Å². The Morgan fingerprint density at radius 3 is 2.32 bits per heavy atom. The summed E-state index contributed by atoms with van der Waals surface area (Å²) in [6.07, 6.45) is 1.99. The smallest absolute Gasteiger partial charge is 0.168 e. The van der Waals surface area contributed by atoms with Crippen LogP contribution < -0.4 is 0 Å². The summed E-state index contributed by atoms with van der Waals surface area (Å²) in [5.41, 5.74) is 3.46. The van der Waals surface area contributed by atoms with Crippen LogP contribution in [0.4, 0.5) is 0 Å². The van der Waals surface area contributed by atoms with E-state index in [1.165, 1.54) is 5.56 Å². The number of fused-ring (bicyclic) bond motifs is 1. The van der Waals surface area contributed by atoms with Crippen molar-refractivity contribution in [1.29, 1.82) is 0 Å². The molecule has 0 aliphatic heterocycles. The van der Waals surface area contributed by atoms with Crippen molar-refractivity contribution in [2.24, 2.45) is 0 Å². The SMILES string of the molecule is CC(C)(C)c1ccc(-c2nnc3ccccn23)cc1. The minimum absolute atomic E-state index is 0.172. The molecule has 19 heavy (non-hydrogen) atoms. The maximum Gasteiger partial charge on any atom is 0.168 e. The van der Waals surface area contributed by atoms with E-state index in [0.717, 1.165) is 17.0 Å². The molecule has 0 spiro atoms. The van der Waals surface area contributed by atoms with Gasteiger partial charge in [0.25, 0.3) is 0 Å². The summed E-state index contributed by atoms with van der Waals surface area (Å²) in [4.78, 5) is 0. The highest BCUT2D eigenvalue weighted by Crippen LogP contribution is 2.25. The van der Waals surface area contributed by atoms with E-state index in [4.69, 9.17) is 0 Å². The summed E-state index contributed by atoms with van der Waals surface area (Å²) in [5.74, 6) is 0.885. The average Bonchev–Trinajstić information content (AvgIpc) is 2.82. The highest BCUT2D eigenvalue weighted by Gasteiger charge is 2.14. The Bertz CT molecular complexity index is 703. The van der Waals surface area contributed by atoms with Crippen molar-refractivity contribution >= 4 is 5.65 Å². The normalized spacial score (nSPS) is 11.9. The highest BCUT2D eigenvalue weighted by molar-refractivity contribution is 5.59. The molecule has 0 unspecified atom stereocenters. The molecule has 0 bridgehead atoms. The molecule has 2 heterocycles. The topological polar surface area (TPSA) is 30.2 Å². The molecule has 0 N–H and O–H groups in total. The number of rotatable bonds is 1. The molecule has 3 nitrogen and oxygen atoms in total. The fourth-order valence-electron chi connectivity index (χ4n) is 2.16. The molecule has 0 fully saturated rings. The van der Waals surface area contributed by atoms with E-state index in [2.05, 4.69) is 55.2 Å². The molecule has 0 aliphatic carbocycles. The fraction of sp³-hybridized carbons (Fsp3) is 0.250. The molecule has 3 rings (SSSR count). The average molecular weight is 251 g/mol. The van der Waals surface area contributed by atoms with E-state index in [9.17, 15) is 0 Å². The maximum absolute atomic E-state index is 4.27. The van der Waals surface area contributed by atoms with Crippen LogP contribution in [0.25, 0.3) is 17.0 Å². The number of pyridine rings is 1. The summed E-state index contributed by atoms with van der Waals surface area (Å²) in [6, 6.07) is 14.5. The Morgan fingerprint density at radius 2 is 1.63 bits per heavy atom. The highest BCUT2D eigenvalue weighted by atomic mass is 15.2. The summed E-state index contributed by atoms with van der Waals surface area (Å²) >= 11 is 0. The van der Waals surface area contributed by atoms with Gasteiger partial charge in [-0.15, -0.1) is 10.2 Å². The molecule has 0 radical (unpaired) electrons. The van der Waals surface area contributed by atoms with Crippen LogP contribution in [0.2, 0.25) is 0 Å². The third kappa shape index (κ3) is 2.12. The van der Waals surface area contributed by atoms with E-state index in [1.54, 1.807) is 0 Å². The Kier molecular flexibility index (Phi) is 2.63. The van der Waals surface area contributed by atoms with Gasteiger partial charge in [-0.3, -0.25) is 4.40 Å². The Balaban J connectivity index is 2.07. The summed E-state index contributed by atoms with van der Waals surface area (Å²) < 4.78 is 2.01. The molecule has 0 atom stereocenters. The van der Waals surface area contributed by atoms with Crippen LogP contribution in [0.15, 0.2) is 48.7 Å². The molecule has 0 aliphatic rings. The lowest BCUT2D eigenvalue weighted by Gasteiger charge is -2.18. The fourth-order valence-corrected chi connectivity index (χ4v) is 2.16. The van der Waals surface area contributed by atoms with E-state index < -0.39 is 0 Å². The zero-order valence-electron chi connectivity index (χ0n) is 11.5. The lowest BCUT2D eigenvalue weighted by molar-refractivity contribution is 0.590. The van der Waals surface area contributed by atoms with Gasteiger partial charge in [-0.05, 0) is 23.1 Å². The first kappa shape index (κ1) is 11.9. The molecule has 3 heteroatoms. The lowest BCUT2D eigenvalue weighted by Crippen LogP contribution is -2.10. The first-order valence-electron chi connectivity index (χ1n) is 6.46. The third-order valence-electron chi connectivity index (χ3n) is 3.32. The van der Waals surface area contributed by atoms with Gasteiger partial charge in [-0.2, -0.15) is 0 Å². The van der Waals surface area contributed by atoms with Gasteiger partial charge in [0.05, 0.1) is 0 Å². The van der Waals surface area contributed by atoms with Crippen molar-refractivity contribution < 1.29 is 0 Å². The van der Waals surface area contributed by atoms with Gasteiger partial charge in [0.2, 0.25) is 0 Å². The monoisotopic (exact) mass is 251 g/mol. The van der Waals surface area contributed by atoms with Crippen molar-refractivity contribution in [1.82, 2.24) is 14.6 Å². The predicted molar refractivity (Wildman–Crippen MR) is 77.1 cm³/mol. The molecule has 3 aromatic rings. The number of aromatic nitrogens is 3. The van der Waals surface area contributed by atoms with Crippen LogP contribution in [0.3, 0.4) is 0 Å². The van der Waals surface area contributed by atoms with Crippen LogP contribution in [-0.2, 0) is 5.41 Å². The van der Waals surface area contributed by atoms with Crippen molar-refractivity contribution in [3.05, 3.63) is 54.2 Å². The molecule has 0 saturated carbocycles. The Labute approximate surface area is 112 Å². The minimum atomic E-state index is 0.172. The molecule has 0 amide bonds. The first-order chi connectivity index (χ1) is 9.05. The van der Waals surface area contributed by atoms with Crippen molar-refractivity contribution in [3.63, 3.8) is 0 Å².